The zero-order valence-electron chi connectivity index (χ0n) is 17.4. The second-order valence-corrected chi connectivity index (χ2v) is 9.49. The Balaban J connectivity index is 2.12. The summed E-state index contributed by atoms with van der Waals surface area (Å²) in [5.41, 5.74) is -0.508. The molecule has 2 atom stereocenters. The summed E-state index contributed by atoms with van der Waals surface area (Å²) in [6, 6.07) is 2.99. The van der Waals surface area contributed by atoms with Crippen molar-refractivity contribution in [1.82, 2.24) is 9.21 Å². The molecule has 0 bridgehead atoms. The highest BCUT2D eigenvalue weighted by Gasteiger charge is 2.28. The third kappa shape index (κ3) is 5.54. The van der Waals surface area contributed by atoms with Gasteiger partial charge in [0.2, 0.25) is 10.0 Å². The van der Waals surface area contributed by atoms with Gasteiger partial charge in [0.15, 0.2) is 6.61 Å². The van der Waals surface area contributed by atoms with Crippen molar-refractivity contribution in [3.05, 3.63) is 29.6 Å². The highest BCUT2D eigenvalue weighted by molar-refractivity contribution is 7.89. The highest BCUT2D eigenvalue weighted by atomic mass is 32.2. The fourth-order valence-electron chi connectivity index (χ4n) is 3.70. The monoisotopic (exact) mass is 428 g/mol. The van der Waals surface area contributed by atoms with Crippen LogP contribution in [0.2, 0.25) is 0 Å². The van der Waals surface area contributed by atoms with Gasteiger partial charge in [0, 0.05) is 26.2 Å². The number of amides is 1. The Morgan fingerprint density at radius 1 is 1.17 bits per heavy atom. The first-order valence-electron chi connectivity index (χ1n) is 9.84. The van der Waals surface area contributed by atoms with Gasteiger partial charge in [0.1, 0.15) is 5.82 Å². The van der Waals surface area contributed by atoms with Crippen LogP contribution >= 0.6 is 0 Å². The topological polar surface area (TPSA) is 84.0 Å². The van der Waals surface area contributed by atoms with E-state index in [1.165, 1.54) is 4.31 Å². The van der Waals surface area contributed by atoms with Crippen LogP contribution in [0.15, 0.2) is 23.1 Å². The molecule has 1 aliphatic heterocycles. The lowest BCUT2D eigenvalue weighted by Crippen LogP contribution is -2.44. The van der Waals surface area contributed by atoms with Crippen LogP contribution in [-0.2, 0) is 19.6 Å². The molecule has 29 heavy (non-hydrogen) atoms. The summed E-state index contributed by atoms with van der Waals surface area (Å²) < 4.78 is 45.6. The number of hydrogen-bond acceptors (Lipinski definition) is 5. The van der Waals surface area contributed by atoms with Crippen LogP contribution in [-0.4, -0.2) is 62.3 Å². The number of piperidine rings is 1. The van der Waals surface area contributed by atoms with Crippen LogP contribution in [0.4, 0.5) is 4.39 Å². The summed E-state index contributed by atoms with van der Waals surface area (Å²) in [5.74, 6) is -1.59. The Bertz CT molecular complexity index is 844. The molecule has 1 saturated heterocycles. The van der Waals surface area contributed by atoms with Crippen molar-refractivity contribution in [2.75, 3.05) is 32.8 Å². The van der Waals surface area contributed by atoms with Gasteiger partial charge in [0.25, 0.3) is 5.91 Å². The number of likely N-dealkylation sites (tertiary alicyclic amines) is 1. The first-order chi connectivity index (χ1) is 13.6. The van der Waals surface area contributed by atoms with Crippen molar-refractivity contribution in [3.8, 4) is 0 Å². The van der Waals surface area contributed by atoms with E-state index in [0.29, 0.717) is 24.9 Å². The maximum absolute atomic E-state index is 14.2. The number of nitrogens with zero attached hydrogens (tertiary/aromatic N) is 2. The van der Waals surface area contributed by atoms with Crippen LogP contribution in [0, 0.1) is 17.7 Å². The van der Waals surface area contributed by atoms with Crippen molar-refractivity contribution < 1.29 is 27.1 Å². The molecule has 0 spiro atoms. The molecule has 1 aromatic rings. The SMILES string of the molecule is CCN(CC)S(=O)(=O)c1ccc(F)c(C(=O)OCC(=O)N2C[C@H](C)C[C@@H](C)C2)c1. The highest BCUT2D eigenvalue weighted by Crippen LogP contribution is 2.22. The molecule has 2 rings (SSSR count). The molecule has 0 aromatic heterocycles. The van der Waals surface area contributed by atoms with Gasteiger partial charge in [-0.3, -0.25) is 4.79 Å². The van der Waals surface area contributed by atoms with Gasteiger partial charge < -0.3 is 9.64 Å². The van der Waals surface area contributed by atoms with Gasteiger partial charge in [-0.25, -0.2) is 17.6 Å². The summed E-state index contributed by atoms with van der Waals surface area (Å²) in [4.78, 5) is 26.1. The molecule has 0 saturated carbocycles. The minimum atomic E-state index is -3.85. The van der Waals surface area contributed by atoms with E-state index >= 15 is 0 Å². The minimum Gasteiger partial charge on any atom is -0.452 e. The average Bonchev–Trinajstić information content (AvgIpc) is 2.66. The number of halogens is 1. The second kappa shape index (κ2) is 9.67. The van der Waals surface area contributed by atoms with E-state index in [9.17, 15) is 22.4 Å². The third-order valence-electron chi connectivity index (χ3n) is 5.05. The van der Waals surface area contributed by atoms with Crippen LogP contribution < -0.4 is 0 Å². The minimum absolute atomic E-state index is 0.195. The number of carbonyl (C=O) groups excluding carboxylic acids is 2. The number of esters is 1. The van der Waals surface area contributed by atoms with E-state index < -0.39 is 34.0 Å². The van der Waals surface area contributed by atoms with Crippen molar-refractivity contribution in [3.63, 3.8) is 0 Å². The molecule has 0 aliphatic carbocycles. The molecular weight excluding hydrogens is 399 g/mol. The lowest BCUT2D eigenvalue weighted by molar-refractivity contribution is -0.137. The number of carbonyl (C=O) groups is 2. The Kier molecular flexibility index (Phi) is 7.76. The van der Waals surface area contributed by atoms with Crippen molar-refractivity contribution in [2.45, 2.75) is 39.0 Å². The van der Waals surface area contributed by atoms with Crippen molar-refractivity contribution in [2.24, 2.45) is 11.8 Å². The zero-order chi connectivity index (χ0) is 21.8. The average molecular weight is 429 g/mol. The fourth-order valence-corrected chi connectivity index (χ4v) is 5.18. The van der Waals surface area contributed by atoms with E-state index in [1.807, 2.05) is 0 Å². The molecule has 1 amide bonds. The summed E-state index contributed by atoms with van der Waals surface area (Å²) >= 11 is 0. The van der Waals surface area contributed by atoms with Crippen LogP contribution in [0.25, 0.3) is 0 Å². The van der Waals surface area contributed by atoms with Gasteiger partial charge >= 0.3 is 5.97 Å². The Morgan fingerprint density at radius 3 is 2.31 bits per heavy atom. The molecule has 162 valence electrons. The van der Waals surface area contributed by atoms with Gasteiger partial charge in [-0.05, 0) is 36.5 Å². The number of sulfonamides is 1. The van der Waals surface area contributed by atoms with Crippen LogP contribution in [0.1, 0.15) is 44.5 Å². The molecule has 1 heterocycles. The Hall–Kier alpha value is -2.00. The molecule has 0 unspecified atom stereocenters. The van der Waals surface area contributed by atoms with E-state index in [2.05, 4.69) is 13.8 Å². The first-order valence-corrected chi connectivity index (χ1v) is 11.3. The van der Waals surface area contributed by atoms with Gasteiger partial charge in [0.05, 0.1) is 10.5 Å². The quantitative estimate of drug-likeness (QED) is 0.623. The summed E-state index contributed by atoms with van der Waals surface area (Å²) in [6.45, 7) is 8.65. The predicted octanol–water partition coefficient (Wildman–Crippen LogP) is 2.52. The third-order valence-corrected chi connectivity index (χ3v) is 7.10. The molecule has 1 aliphatic rings. The van der Waals surface area contributed by atoms with Crippen molar-refractivity contribution in [1.29, 1.82) is 0 Å². The molecule has 0 radical (unpaired) electrons. The van der Waals surface area contributed by atoms with E-state index in [1.54, 1.807) is 18.7 Å². The predicted molar refractivity (Wildman–Crippen MR) is 106 cm³/mol. The molecule has 1 aromatic carbocycles. The maximum atomic E-state index is 14.2. The van der Waals surface area contributed by atoms with Gasteiger partial charge in [-0.1, -0.05) is 27.7 Å². The lowest BCUT2D eigenvalue weighted by Gasteiger charge is -2.34. The Morgan fingerprint density at radius 2 is 1.76 bits per heavy atom. The smallest absolute Gasteiger partial charge is 0.341 e. The fraction of sp³-hybridized carbons (Fsp3) is 0.600. The summed E-state index contributed by atoms with van der Waals surface area (Å²) in [6.07, 6.45) is 1.03. The molecule has 7 nitrogen and oxygen atoms in total. The van der Waals surface area contributed by atoms with Gasteiger partial charge in [-0.2, -0.15) is 4.31 Å². The van der Waals surface area contributed by atoms with Gasteiger partial charge in [-0.15, -0.1) is 0 Å². The number of ether oxygens (including phenoxy) is 1. The van der Waals surface area contributed by atoms with Crippen LogP contribution in [0.3, 0.4) is 0 Å². The first kappa shape index (κ1) is 23.3. The standard InChI is InChI=1S/C20H29FN2O5S/c1-5-23(6-2)29(26,27)16-7-8-18(21)17(10-16)20(25)28-13-19(24)22-11-14(3)9-15(4)12-22/h7-8,10,14-15H,5-6,9,11-13H2,1-4H3/t14-,15-/m1/s1. The largest absolute Gasteiger partial charge is 0.452 e. The number of rotatable bonds is 7. The van der Waals surface area contributed by atoms with E-state index in [-0.39, 0.29) is 23.9 Å². The van der Waals surface area contributed by atoms with Crippen LogP contribution in [0.5, 0.6) is 0 Å². The van der Waals surface area contributed by atoms with E-state index in [4.69, 9.17) is 4.74 Å². The normalized spacial score (nSPS) is 20.0. The number of hydrogen-bond donors (Lipinski definition) is 0. The van der Waals surface area contributed by atoms with E-state index in [0.717, 1.165) is 24.6 Å². The molecule has 0 N–H and O–H groups in total. The molecular formula is C20H29FN2O5S. The summed E-state index contributed by atoms with van der Waals surface area (Å²) in [5, 5.41) is 0. The second-order valence-electron chi connectivity index (χ2n) is 7.55. The number of benzene rings is 1. The lowest BCUT2D eigenvalue weighted by atomic mass is 9.92. The molecule has 1 fully saturated rings. The zero-order valence-corrected chi connectivity index (χ0v) is 18.2. The molecule has 9 heteroatoms. The Labute approximate surface area is 171 Å². The summed E-state index contributed by atoms with van der Waals surface area (Å²) in [7, 11) is -3.85. The van der Waals surface area contributed by atoms with Crippen molar-refractivity contribution >= 4 is 21.9 Å². The maximum Gasteiger partial charge on any atom is 0.341 e.